The van der Waals surface area contributed by atoms with Crippen molar-refractivity contribution >= 4 is 35.0 Å². The van der Waals surface area contributed by atoms with E-state index >= 15 is 0 Å². The molecular formula is C21H23ClN4OS. The van der Waals surface area contributed by atoms with E-state index < -0.39 is 0 Å². The fourth-order valence-electron chi connectivity index (χ4n) is 2.90. The lowest BCUT2D eigenvalue weighted by atomic mass is 10.1. The highest BCUT2D eigenvalue weighted by molar-refractivity contribution is 7.99. The van der Waals surface area contributed by atoms with Crippen LogP contribution >= 0.6 is 23.4 Å². The molecule has 0 aliphatic rings. The number of nitrogens with zero attached hydrogens (tertiary/aromatic N) is 3. The van der Waals surface area contributed by atoms with Crippen LogP contribution in [0, 0.1) is 0 Å². The molecule has 0 atom stereocenters. The minimum atomic E-state index is -0.0509. The average Bonchev–Trinajstić information content (AvgIpc) is 3.10. The Hall–Kier alpha value is -2.31. The lowest BCUT2D eigenvalue weighted by molar-refractivity contribution is -0.113. The second kappa shape index (κ2) is 9.75. The molecule has 1 aromatic heterocycles. The summed E-state index contributed by atoms with van der Waals surface area (Å²) < 4.78 is 2.06. The van der Waals surface area contributed by atoms with E-state index in [-0.39, 0.29) is 11.7 Å². The predicted octanol–water partition coefficient (Wildman–Crippen LogP) is 5.30. The van der Waals surface area contributed by atoms with Gasteiger partial charge >= 0.3 is 0 Å². The number of hydrogen-bond acceptors (Lipinski definition) is 4. The lowest BCUT2D eigenvalue weighted by Gasteiger charge is -2.11. The average molecular weight is 415 g/mol. The molecule has 1 amide bonds. The molecule has 2 aromatic carbocycles. The van der Waals surface area contributed by atoms with Crippen LogP contribution in [0.4, 0.5) is 5.69 Å². The van der Waals surface area contributed by atoms with Gasteiger partial charge in [-0.1, -0.05) is 55.4 Å². The first-order valence-electron chi connectivity index (χ1n) is 9.32. The van der Waals surface area contributed by atoms with E-state index in [0.29, 0.717) is 5.02 Å². The van der Waals surface area contributed by atoms with Crippen LogP contribution in [0.2, 0.25) is 5.02 Å². The maximum Gasteiger partial charge on any atom is 0.234 e. The van der Waals surface area contributed by atoms with Crippen LogP contribution in [0.3, 0.4) is 0 Å². The Labute approximate surface area is 174 Å². The fraction of sp³-hybridized carbons (Fsp3) is 0.286. The summed E-state index contributed by atoms with van der Waals surface area (Å²) in [5, 5.41) is 13.1. The quantitative estimate of drug-likeness (QED) is 0.508. The Morgan fingerprint density at radius 2 is 1.86 bits per heavy atom. The van der Waals surface area contributed by atoms with Gasteiger partial charge in [0.25, 0.3) is 0 Å². The number of benzene rings is 2. The van der Waals surface area contributed by atoms with Crippen molar-refractivity contribution in [2.45, 2.75) is 38.4 Å². The molecule has 0 saturated heterocycles. The van der Waals surface area contributed by atoms with Crippen LogP contribution in [-0.2, 0) is 17.8 Å². The first-order valence-corrected chi connectivity index (χ1v) is 10.7. The zero-order valence-electron chi connectivity index (χ0n) is 16.0. The predicted molar refractivity (Wildman–Crippen MR) is 116 cm³/mol. The van der Waals surface area contributed by atoms with E-state index in [0.717, 1.165) is 47.2 Å². The van der Waals surface area contributed by atoms with Crippen LogP contribution in [0.25, 0.3) is 11.4 Å². The molecule has 146 valence electrons. The molecule has 3 rings (SSSR count). The number of carbonyl (C=O) groups is 1. The second-order valence-corrected chi connectivity index (χ2v) is 7.69. The second-order valence-electron chi connectivity index (χ2n) is 6.31. The summed E-state index contributed by atoms with van der Waals surface area (Å²) in [5.41, 5.74) is 2.95. The molecule has 5 nitrogen and oxygen atoms in total. The molecule has 0 bridgehead atoms. The maximum absolute atomic E-state index is 12.4. The fourth-order valence-corrected chi connectivity index (χ4v) is 3.79. The molecular weight excluding hydrogens is 392 g/mol. The van der Waals surface area contributed by atoms with Gasteiger partial charge in [0.1, 0.15) is 0 Å². The van der Waals surface area contributed by atoms with Gasteiger partial charge in [-0.15, -0.1) is 10.2 Å². The SMILES string of the molecule is CCCn1c(SCC(=O)Nc2ccccc2CC)nnc1-c1ccc(Cl)cc1. The van der Waals surface area contributed by atoms with Crippen molar-refractivity contribution in [3.05, 3.63) is 59.1 Å². The summed E-state index contributed by atoms with van der Waals surface area (Å²) in [7, 11) is 0. The number of hydrogen-bond donors (Lipinski definition) is 1. The zero-order valence-corrected chi connectivity index (χ0v) is 17.6. The Bertz CT molecular complexity index is 940. The van der Waals surface area contributed by atoms with Crippen molar-refractivity contribution < 1.29 is 4.79 Å². The number of amides is 1. The van der Waals surface area contributed by atoms with Gasteiger partial charge < -0.3 is 9.88 Å². The van der Waals surface area contributed by atoms with Gasteiger partial charge in [-0.05, 0) is 48.7 Å². The van der Waals surface area contributed by atoms with E-state index in [4.69, 9.17) is 11.6 Å². The van der Waals surface area contributed by atoms with Gasteiger partial charge in [-0.2, -0.15) is 0 Å². The number of para-hydroxylation sites is 1. The summed E-state index contributed by atoms with van der Waals surface area (Å²) in [6.45, 7) is 4.97. The lowest BCUT2D eigenvalue weighted by Crippen LogP contribution is -2.15. The number of rotatable bonds is 8. The molecule has 0 radical (unpaired) electrons. The summed E-state index contributed by atoms with van der Waals surface area (Å²) in [6, 6.07) is 15.4. The van der Waals surface area contributed by atoms with E-state index in [1.807, 2.05) is 48.5 Å². The molecule has 1 N–H and O–H groups in total. The maximum atomic E-state index is 12.4. The molecule has 28 heavy (non-hydrogen) atoms. The number of halogens is 1. The number of carbonyl (C=O) groups excluding carboxylic acids is 1. The highest BCUT2D eigenvalue weighted by atomic mass is 35.5. The van der Waals surface area contributed by atoms with Gasteiger partial charge in [0.2, 0.25) is 5.91 Å². The number of nitrogens with one attached hydrogen (secondary N) is 1. The van der Waals surface area contributed by atoms with Crippen molar-refractivity contribution in [2.75, 3.05) is 11.1 Å². The topological polar surface area (TPSA) is 59.8 Å². The third-order valence-corrected chi connectivity index (χ3v) is 5.49. The van der Waals surface area contributed by atoms with Gasteiger partial charge in [0, 0.05) is 22.8 Å². The monoisotopic (exact) mass is 414 g/mol. The van der Waals surface area contributed by atoms with E-state index in [1.165, 1.54) is 11.8 Å². The van der Waals surface area contributed by atoms with Gasteiger partial charge in [0.05, 0.1) is 5.75 Å². The molecule has 3 aromatic rings. The van der Waals surface area contributed by atoms with Crippen LogP contribution in [0.1, 0.15) is 25.8 Å². The Kier molecular flexibility index (Phi) is 7.12. The molecule has 0 spiro atoms. The first kappa shape index (κ1) is 20.4. The van der Waals surface area contributed by atoms with E-state index in [1.54, 1.807) is 0 Å². The molecule has 1 heterocycles. The molecule has 0 aliphatic heterocycles. The Morgan fingerprint density at radius 1 is 1.11 bits per heavy atom. The molecule has 0 saturated carbocycles. The van der Waals surface area contributed by atoms with Crippen molar-refractivity contribution in [2.24, 2.45) is 0 Å². The highest BCUT2D eigenvalue weighted by Gasteiger charge is 2.15. The largest absolute Gasteiger partial charge is 0.325 e. The third-order valence-electron chi connectivity index (χ3n) is 4.27. The normalized spacial score (nSPS) is 10.8. The van der Waals surface area contributed by atoms with Crippen LogP contribution in [0.15, 0.2) is 53.7 Å². The third kappa shape index (κ3) is 4.94. The number of aromatic nitrogens is 3. The van der Waals surface area contributed by atoms with Gasteiger partial charge in [-0.25, -0.2) is 0 Å². The van der Waals surface area contributed by atoms with E-state index in [9.17, 15) is 4.79 Å². The van der Waals surface area contributed by atoms with Gasteiger partial charge in [-0.3, -0.25) is 4.79 Å². The standard InChI is InChI=1S/C21H23ClN4OS/c1-3-13-26-20(16-9-11-17(22)12-10-16)24-25-21(26)28-14-19(27)23-18-8-6-5-7-15(18)4-2/h5-12H,3-4,13-14H2,1-2H3,(H,23,27). The summed E-state index contributed by atoms with van der Waals surface area (Å²) in [4.78, 5) is 12.4. The Balaban J connectivity index is 1.71. The van der Waals surface area contributed by atoms with Crippen molar-refractivity contribution in [1.29, 1.82) is 0 Å². The smallest absolute Gasteiger partial charge is 0.234 e. The molecule has 0 unspecified atom stereocenters. The van der Waals surface area contributed by atoms with Crippen molar-refractivity contribution in [3.63, 3.8) is 0 Å². The van der Waals surface area contributed by atoms with Crippen molar-refractivity contribution in [1.82, 2.24) is 14.8 Å². The minimum Gasteiger partial charge on any atom is -0.325 e. The van der Waals surface area contributed by atoms with E-state index in [2.05, 4.69) is 33.9 Å². The minimum absolute atomic E-state index is 0.0509. The summed E-state index contributed by atoms with van der Waals surface area (Å²) in [6.07, 6.45) is 1.82. The van der Waals surface area contributed by atoms with Crippen LogP contribution in [0.5, 0.6) is 0 Å². The first-order chi connectivity index (χ1) is 13.6. The van der Waals surface area contributed by atoms with Gasteiger partial charge in [0.15, 0.2) is 11.0 Å². The van der Waals surface area contributed by atoms with Crippen molar-refractivity contribution in [3.8, 4) is 11.4 Å². The van der Waals surface area contributed by atoms with Crippen LogP contribution in [-0.4, -0.2) is 26.4 Å². The molecule has 0 aliphatic carbocycles. The van der Waals surface area contributed by atoms with Crippen LogP contribution < -0.4 is 5.32 Å². The number of anilines is 1. The molecule has 7 heteroatoms. The Morgan fingerprint density at radius 3 is 2.57 bits per heavy atom. The zero-order chi connectivity index (χ0) is 19.9. The number of thioether (sulfide) groups is 1. The number of aryl methyl sites for hydroxylation is 1. The summed E-state index contributed by atoms with van der Waals surface area (Å²) in [5.74, 6) is 1.02. The summed E-state index contributed by atoms with van der Waals surface area (Å²) >= 11 is 7.38. The highest BCUT2D eigenvalue weighted by Crippen LogP contribution is 2.26. The molecule has 0 fully saturated rings.